The van der Waals surface area contributed by atoms with E-state index < -0.39 is 5.41 Å². The third-order valence-corrected chi connectivity index (χ3v) is 3.06. The monoisotopic (exact) mass is 210 g/mol. The Balaban J connectivity index is 2.69. The van der Waals surface area contributed by atoms with Crippen molar-refractivity contribution in [1.82, 2.24) is 4.90 Å². The first-order valence-electron chi connectivity index (χ1n) is 5.41. The second-order valence-electron chi connectivity index (χ2n) is 4.32. The molecular weight excluding hydrogens is 192 g/mol. The molecule has 0 spiro atoms. The van der Waals surface area contributed by atoms with Crippen LogP contribution in [0.15, 0.2) is 0 Å². The van der Waals surface area contributed by atoms with E-state index in [9.17, 15) is 4.79 Å². The third-order valence-electron chi connectivity index (χ3n) is 3.06. The van der Waals surface area contributed by atoms with Crippen molar-refractivity contribution in [2.24, 2.45) is 11.3 Å². The van der Waals surface area contributed by atoms with E-state index >= 15 is 0 Å². The van der Waals surface area contributed by atoms with Gasteiger partial charge < -0.3 is 10.0 Å². The molecule has 1 saturated carbocycles. The molecule has 4 nitrogen and oxygen atoms in total. The predicted molar refractivity (Wildman–Crippen MR) is 55.8 cm³/mol. The molecule has 0 aromatic carbocycles. The highest BCUT2D eigenvalue weighted by atomic mass is 16.3. The summed E-state index contributed by atoms with van der Waals surface area (Å²) in [5.41, 5.74) is -0.801. The normalized spacial score (nSPS) is 29.1. The van der Waals surface area contributed by atoms with E-state index in [2.05, 4.69) is 6.07 Å². The van der Waals surface area contributed by atoms with Crippen LogP contribution in [0.4, 0.5) is 0 Å². The molecule has 0 saturated heterocycles. The largest absolute Gasteiger partial charge is 0.395 e. The molecule has 1 aliphatic rings. The van der Waals surface area contributed by atoms with Crippen LogP contribution >= 0.6 is 0 Å². The van der Waals surface area contributed by atoms with Crippen LogP contribution < -0.4 is 0 Å². The van der Waals surface area contributed by atoms with Crippen LogP contribution in [-0.4, -0.2) is 35.6 Å². The van der Waals surface area contributed by atoms with Gasteiger partial charge in [-0.3, -0.25) is 4.79 Å². The van der Waals surface area contributed by atoms with E-state index in [1.54, 1.807) is 4.90 Å². The molecule has 0 aromatic rings. The molecule has 1 amide bonds. The van der Waals surface area contributed by atoms with Gasteiger partial charge in [-0.2, -0.15) is 5.26 Å². The minimum atomic E-state index is -0.801. The van der Waals surface area contributed by atoms with Crippen LogP contribution in [0.5, 0.6) is 0 Å². The summed E-state index contributed by atoms with van der Waals surface area (Å²) in [5, 5.41) is 17.9. The Morgan fingerprint density at radius 2 is 2.27 bits per heavy atom. The number of rotatable bonds is 4. The van der Waals surface area contributed by atoms with Crippen molar-refractivity contribution < 1.29 is 9.90 Å². The number of nitrogens with zero attached hydrogens (tertiary/aromatic N) is 2. The summed E-state index contributed by atoms with van der Waals surface area (Å²) in [7, 11) is 0. The third kappa shape index (κ3) is 2.13. The van der Waals surface area contributed by atoms with Gasteiger partial charge in [0.25, 0.3) is 0 Å². The maximum absolute atomic E-state index is 12.0. The minimum Gasteiger partial charge on any atom is -0.395 e. The quantitative estimate of drug-likeness (QED) is 0.745. The SMILES string of the molecule is CCN(CCO)C(=O)C1(C#N)CC(C)C1. The maximum atomic E-state index is 12.0. The standard InChI is InChI=1S/C11H18N2O2/c1-3-13(4-5-14)10(15)11(8-12)6-9(2)7-11/h9,14H,3-7H2,1-2H3. The number of hydrogen-bond donors (Lipinski definition) is 1. The Morgan fingerprint density at radius 1 is 1.67 bits per heavy atom. The molecule has 0 heterocycles. The molecule has 0 atom stereocenters. The fourth-order valence-corrected chi connectivity index (χ4v) is 2.27. The van der Waals surface area contributed by atoms with E-state index in [1.807, 2.05) is 13.8 Å². The summed E-state index contributed by atoms with van der Waals surface area (Å²) in [6.07, 6.45) is 1.31. The molecule has 4 heteroatoms. The number of amides is 1. The number of carbonyl (C=O) groups excluding carboxylic acids is 1. The molecule has 0 aromatic heterocycles. The van der Waals surface area contributed by atoms with Gasteiger partial charge in [0.15, 0.2) is 0 Å². The zero-order valence-corrected chi connectivity index (χ0v) is 9.36. The fourth-order valence-electron chi connectivity index (χ4n) is 2.27. The smallest absolute Gasteiger partial charge is 0.243 e. The van der Waals surface area contributed by atoms with Gasteiger partial charge in [-0.05, 0) is 25.7 Å². The Labute approximate surface area is 90.5 Å². The Morgan fingerprint density at radius 3 is 2.60 bits per heavy atom. The molecule has 1 aliphatic carbocycles. The summed E-state index contributed by atoms with van der Waals surface area (Å²) in [6, 6.07) is 2.15. The van der Waals surface area contributed by atoms with Crippen molar-refractivity contribution in [3.05, 3.63) is 0 Å². The first-order valence-corrected chi connectivity index (χ1v) is 5.41. The fraction of sp³-hybridized carbons (Fsp3) is 0.818. The maximum Gasteiger partial charge on any atom is 0.243 e. The highest BCUT2D eigenvalue weighted by molar-refractivity contribution is 5.86. The first-order chi connectivity index (χ1) is 7.09. The van der Waals surface area contributed by atoms with E-state index in [0.717, 1.165) is 0 Å². The van der Waals surface area contributed by atoms with Gasteiger partial charge in [0, 0.05) is 13.1 Å². The summed E-state index contributed by atoms with van der Waals surface area (Å²) < 4.78 is 0. The van der Waals surface area contributed by atoms with Gasteiger partial charge in [0.1, 0.15) is 5.41 Å². The molecule has 15 heavy (non-hydrogen) atoms. The first kappa shape index (κ1) is 12.0. The molecule has 0 bridgehead atoms. The lowest BCUT2D eigenvalue weighted by Crippen LogP contribution is -2.50. The lowest BCUT2D eigenvalue weighted by molar-refractivity contribution is -0.145. The summed E-state index contributed by atoms with van der Waals surface area (Å²) >= 11 is 0. The lowest BCUT2D eigenvalue weighted by Gasteiger charge is -2.42. The number of aliphatic hydroxyl groups excluding tert-OH is 1. The number of likely N-dealkylation sites (N-methyl/N-ethyl adjacent to an activating group) is 1. The minimum absolute atomic E-state index is 0.0450. The molecular formula is C11H18N2O2. The number of aliphatic hydroxyl groups is 1. The van der Waals surface area contributed by atoms with E-state index in [-0.39, 0.29) is 12.5 Å². The van der Waals surface area contributed by atoms with Crippen LogP contribution in [0.2, 0.25) is 0 Å². The van der Waals surface area contributed by atoms with Crippen molar-refractivity contribution in [1.29, 1.82) is 5.26 Å². The molecule has 1 N–H and O–H groups in total. The number of nitriles is 1. The average molecular weight is 210 g/mol. The van der Waals surface area contributed by atoms with Gasteiger partial charge in [0.2, 0.25) is 5.91 Å². The summed E-state index contributed by atoms with van der Waals surface area (Å²) in [4.78, 5) is 13.6. The van der Waals surface area contributed by atoms with Crippen LogP contribution in [-0.2, 0) is 4.79 Å². The Kier molecular flexibility index (Phi) is 3.70. The van der Waals surface area contributed by atoms with E-state index in [4.69, 9.17) is 10.4 Å². The Hall–Kier alpha value is -1.08. The van der Waals surface area contributed by atoms with Crippen molar-refractivity contribution in [3.63, 3.8) is 0 Å². The summed E-state index contributed by atoms with van der Waals surface area (Å²) in [6.45, 7) is 4.74. The van der Waals surface area contributed by atoms with Gasteiger partial charge in [-0.1, -0.05) is 6.92 Å². The van der Waals surface area contributed by atoms with Crippen molar-refractivity contribution in [3.8, 4) is 6.07 Å². The lowest BCUT2D eigenvalue weighted by atomic mass is 9.62. The average Bonchev–Trinajstić information content (AvgIpc) is 2.20. The molecule has 0 unspecified atom stereocenters. The van der Waals surface area contributed by atoms with Crippen LogP contribution in [0.3, 0.4) is 0 Å². The second kappa shape index (κ2) is 4.63. The molecule has 1 fully saturated rings. The zero-order valence-electron chi connectivity index (χ0n) is 9.36. The molecule has 0 radical (unpaired) electrons. The highest BCUT2D eigenvalue weighted by Gasteiger charge is 2.50. The van der Waals surface area contributed by atoms with Crippen LogP contribution in [0.1, 0.15) is 26.7 Å². The molecule has 1 rings (SSSR count). The van der Waals surface area contributed by atoms with Gasteiger partial charge >= 0.3 is 0 Å². The number of hydrogen-bond acceptors (Lipinski definition) is 3. The van der Waals surface area contributed by atoms with Gasteiger partial charge in [0.05, 0.1) is 12.7 Å². The van der Waals surface area contributed by atoms with Crippen molar-refractivity contribution in [2.45, 2.75) is 26.7 Å². The highest BCUT2D eigenvalue weighted by Crippen LogP contribution is 2.46. The van der Waals surface area contributed by atoms with Crippen LogP contribution in [0, 0.1) is 22.7 Å². The van der Waals surface area contributed by atoms with E-state index in [1.165, 1.54) is 0 Å². The number of carbonyl (C=O) groups is 1. The van der Waals surface area contributed by atoms with Gasteiger partial charge in [-0.25, -0.2) is 0 Å². The van der Waals surface area contributed by atoms with Crippen LogP contribution in [0.25, 0.3) is 0 Å². The predicted octanol–water partition coefficient (Wildman–Crippen LogP) is 0.767. The Bertz CT molecular complexity index is 277. The molecule has 0 aliphatic heterocycles. The zero-order chi connectivity index (χ0) is 11.5. The topological polar surface area (TPSA) is 64.3 Å². The van der Waals surface area contributed by atoms with E-state index in [0.29, 0.717) is 31.8 Å². The molecule has 84 valence electrons. The van der Waals surface area contributed by atoms with Crippen molar-refractivity contribution >= 4 is 5.91 Å². The van der Waals surface area contributed by atoms with Gasteiger partial charge in [-0.15, -0.1) is 0 Å². The second-order valence-corrected chi connectivity index (χ2v) is 4.32. The van der Waals surface area contributed by atoms with Crippen molar-refractivity contribution in [2.75, 3.05) is 19.7 Å². The summed E-state index contributed by atoms with van der Waals surface area (Å²) in [5.74, 6) is 0.348.